The fourth-order valence-corrected chi connectivity index (χ4v) is 2.66. The van der Waals surface area contributed by atoms with Gasteiger partial charge in [-0.05, 0) is 55.3 Å². The highest BCUT2D eigenvalue weighted by Crippen LogP contribution is 2.19. The molecule has 1 aromatic carbocycles. The third-order valence-corrected chi connectivity index (χ3v) is 3.98. The Morgan fingerprint density at radius 1 is 1.24 bits per heavy atom. The van der Waals surface area contributed by atoms with E-state index < -0.39 is 0 Å². The molecule has 0 atom stereocenters. The number of pyridine rings is 1. The zero-order chi connectivity index (χ0) is 17.6. The van der Waals surface area contributed by atoms with Gasteiger partial charge in [-0.1, -0.05) is 0 Å². The normalized spacial score (nSPS) is 10.4. The van der Waals surface area contributed by atoms with Gasteiger partial charge in [-0.25, -0.2) is 9.37 Å². The molecule has 0 aliphatic rings. The molecule has 0 amide bonds. The molecule has 126 valence electrons. The first-order valence-electron chi connectivity index (χ1n) is 8.04. The molecule has 1 N–H and O–H groups in total. The summed E-state index contributed by atoms with van der Waals surface area (Å²) in [6.45, 7) is 0.774. The smallest absolute Gasteiger partial charge is 0.146 e. The predicted molar refractivity (Wildman–Crippen MR) is 94.5 cm³/mol. The van der Waals surface area contributed by atoms with Gasteiger partial charge in [0.2, 0.25) is 0 Å². The monoisotopic (exact) mass is 335 g/mol. The van der Waals surface area contributed by atoms with Crippen molar-refractivity contribution in [3.8, 4) is 17.3 Å². The van der Waals surface area contributed by atoms with Gasteiger partial charge < -0.3 is 4.90 Å². The van der Waals surface area contributed by atoms with Crippen LogP contribution in [0.5, 0.6) is 0 Å². The molecule has 2 heterocycles. The van der Waals surface area contributed by atoms with E-state index in [1.165, 1.54) is 12.1 Å². The van der Waals surface area contributed by atoms with Crippen LogP contribution in [0.15, 0.2) is 48.7 Å². The maximum Gasteiger partial charge on any atom is 0.146 e. The van der Waals surface area contributed by atoms with Crippen LogP contribution in [-0.4, -0.2) is 28.8 Å². The lowest BCUT2D eigenvalue weighted by atomic mass is 10.1. The number of hydrogen-bond acceptors (Lipinski definition) is 4. The van der Waals surface area contributed by atoms with Crippen molar-refractivity contribution >= 4 is 5.82 Å². The van der Waals surface area contributed by atoms with Crippen LogP contribution in [0.25, 0.3) is 11.3 Å². The summed E-state index contributed by atoms with van der Waals surface area (Å²) in [4.78, 5) is 6.26. The molecule has 6 heteroatoms. The molecule has 0 aliphatic carbocycles. The molecule has 0 bridgehead atoms. The van der Waals surface area contributed by atoms with E-state index in [1.807, 2.05) is 18.0 Å². The number of halogens is 1. The van der Waals surface area contributed by atoms with E-state index in [2.05, 4.69) is 21.3 Å². The molecule has 0 fully saturated rings. The summed E-state index contributed by atoms with van der Waals surface area (Å²) in [7, 11) is 1.93. The number of aromatic amines is 1. The van der Waals surface area contributed by atoms with E-state index in [9.17, 15) is 4.39 Å². The topological polar surface area (TPSA) is 68.6 Å². The summed E-state index contributed by atoms with van der Waals surface area (Å²) in [5, 5.41) is 16.5. The van der Waals surface area contributed by atoms with E-state index in [1.54, 1.807) is 30.5 Å². The van der Waals surface area contributed by atoms with Crippen LogP contribution >= 0.6 is 0 Å². The third-order valence-electron chi connectivity index (χ3n) is 3.98. The fourth-order valence-electron chi connectivity index (χ4n) is 2.66. The van der Waals surface area contributed by atoms with Gasteiger partial charge in [0.1, 0.15) is 17.7 Å². The van der Waals surface area contributed by atoms with Gasteiger partial charge in [0.25, 0.3) is 0 Å². The molecule has 0 spiro atoms. The number of aryl methyl sites for hydroxylation is 1. The number of nitrogens with zero attached hydrogens (tertiary/aromatic N) is 4. The molecule has 2 aromatic heterocycles. The average Bonchev–Trinajstić information content (AvgIpc) is 3.11. The van der Waals surface area contributed by atoms with E-state index in [4.69, 9.17) is 5.26 Å². The van der Waals surface area contributed by atoms with E-state index in [0.717, 1.165) is 36.3 Å². The van der Waals surface area contributed by atoms with Crippen LogP contribution < -0.4 is 4.90 Å². The number of H-pyrrole nitrogens is 1. The molecular formula is C19H18FN5. The second kappa shape index (κ2) is 7.58. The molecule has 3 aromatic rings. The van der Waals surface area contributed by atoms with Gasteiger partial charge in [-0.15, -0.1) is 0 Å². The van der Waals surface area contributed by atoms with Gasteiger partial charge in [0.15, 0.2) is 0 Å². The van der Waals surface area contributed by atoms with Crippen LogP contribution in [0, 0.1) is 17.1 Å². The van der Waals surface area contributed by atoms with E-state index in [-0.39, 0.29) is 5.82 Å². The SMILES string of the molecule is CN(CCCc1cc(-c2ccc(F)cc2)n[nH]1)c1ncccc1C#N. The van der Waals surface area contributed by atoms with E-state index in [0.29, 0.717) is 11.4 Å². The minimum absolute atomic E-state index is 0.256. The molecule has 0 unspecified atom stereocenters. The van der Waals surface area contributed by atoms with Crippen molar-refractivity contribution in [1.82, 2.24) is 15.2 Å². The van der Waals surface area contributed by atoms with Crippen LogP contribution in [0.1, 0.15) is 17.7 Å². The number of rotatable bonds is 6. The van der Waals surface area contributed by atoms with Crippen molar-refractivity contribution in [2.24, 2.45) is 0 Å². The first-order chi connectivity index (χ1) is 12.2. The summed E-state index contributed by atoms with van der Waals surface area (Å²) in [5.74, 6) is 0.440. The summed E-state index contributed by atoms with van der Waals surface area (Å²) in [6, 6.07) is 14.0. The number of nitrogens with one attached hydrogen (secondary N) is 1. The fraction of sp³-hybridized carbons (Fsp3) is 0.211. The highest BCUT2D eigenvalue weighted by Gasteiger charge is 2.09. The number of hydrogen-bond donors (Lipinski definition) is 1. The molecule has 0 aliphatic heterocycles. The predicted octanol–water partition coefficient (Wildman–Crippen LogP) is 3.55. The van der Waals surface area contributed by atoms with Crippen molar-refractivity contribution in [2.45, 2.75) is 12.8 Å². The number of aromatic nitrogens is 3. The van der Waals surface area contributed by atoms with Crippen molar-refractivity contribution in [2.75, 3.05) is 18.5 Å². The Morgan fingerprint density at radius 3 is 2.80 bits per heavy atom. The lowest BCUT2D eigenvalue weighted by Gasteiger charge is -2.18. The Kier molecular flexibility index (Phi) is 5.05. The minimum Gasteiger partial charge on any atom is -0.359 e. The Labute approximate surface area is 145 Å². The second-order valence-corrected chi connectivity index (χ2v) is 5.80. The molecule has 0 saturated heterocycles. The molecule has 0 radical (unpaired) electrons. The number of nitriles is 1. The highest BCUT2D eigenvalue weighted by atomic mass is 19.1. The van der Waals surface area contributed by atoms with Crippen LogP contribution in [0.3, 0.4) is 0 Å². The van der Waals surface area contributed by atoms with Gasteiger partial charge in [0, 0.05) is 31.0 Å². The molecular weight excluding hydrogens is 317 g/mol. The van der Waals surface area contributed by atoms with Crippen LogP contribution in [0.4, 0.5) is 10.2 Å². The largest absolute Gasteiger partial charge is 0.359 e. The highest BCUT2D eigenvalue weighted by molar-refractivity contribution is 5.59. The van der Waals surface area contributed by atoms with E-state index >= 15 is 0 Å². The van der Waals surface area contributed by atoms with Gasteiger partial charge in [0.05, 0.1) is 11.3 Å². The molecule has 3 rings (SSSR count). The first kappa shape index (κ1) is 16.7. The van der Waals surface area contributed by atoms with Gasteiger partial charge >= 0.3 is 0 Å². The van der Waals surface area contributed by atoms with Crippen LogP contribution in [0.2, 0.25) is 0 Å². The summed E-state index contributed by atoms with van der Waals surface area (Å²) in [5.41, 5.74) is 3.28. The molecule has 25 heavy (non-hydrogen) atoms. The van der Waals surface area contributed by atoms with Crippen molar-refractivity contribution in [3.05, 3.63) is 65.7 Å². The summed E-state index contributed by atoms with van der Waals surface area (Å²) < 4.78 is 13.0. The molecule has 0 saturated carbocycles. The zero-order valence-electron chi connectivity index (χ0n) is 13.9. The van der Waals surface area contributed by atoms with Crippen LogP contribution in [-0.2, 0) is 6.42 Å². The first-order valence-corrected chi connectivity index (χ1v) is 8.04. The Balaban J connectivity index is 1.58. The maximum absolute atomic E-state index is 13.0. The lowest BCUT2D eigenvalue weighted by molar-refractivity contribution is 0.628. The Morgan fingerprint density at radius 2 is 2.04 bits per heavy atom. The maximum atomic E-state index is 13.0. The van der Waals surface area contributed by atoms with Crippen molar-refractivity contribution in [3.63, 3.8) is 0 Å². The lowest BCUT2D eigenvalue weighted by Crippen LogP contribution is -2.21. The quantitative estimate of drug-likeness (QED) is 0.748. The summed E-state index contributed by atoms with van der Waals surface area (Å²) in [6.07, 6.45) is 3.41. The minimum atomic E-state index is -0.256. The molecule has 5 nitrogen and oxygen atoms in total. The standard InChI is InChI=1S/C19H18FN5/c1-25(19-15(13-21)4-2-10-22-19)11-3-5-17-12-18(24-23-17)14-6-8-16(20)9-7-14/h2,4,6-10,12H,3,5,11H2,1H3,(H,23,24). The van der Waals surface area contributed by atoms with Crippen molar-refractivity contribution in [1.29, 1.82) is 5.26 Å². The van der Waals surface area contributed by atoms with Crippen molar-refractivity contribution < 1.29 is 4.39 Å². The summed E-state index contributed by atoms with van der Waals surface area (Å²) >= 11 is 0. The zero-order valence-corrected chi connectivity index (χ0v) is 13.9. The number of anilines is 1. The Hall–Kier alpha value is -3.20. The third kappa shape index (κ3) is 4.01. The number of benzene rings is 1. The van der Waals surface area contributed by atoms with Gasteiger partial charge in [-0.3, -0.25) is 5.10 Å². The second-order valence-electron chi connectivity index (χ2n) is 5.80. The van der Waals surface area contributed by atoms with Gasteiger partial charge in [-0.2, -0.15) is 10.4 Å². The Bertz CT molecular complexity index is 879. The average molecular weight is 335 g/mol.